The van der Waals surface area contributed by atoms with Gasteiger partial charge in [-0.25, -0.2) is 0 Å². The van der Waals surface area contributed by atoms with E-state index in [2.05, 4.69) is 217 Å². The lowest BCUT2D eigenvalue weighted by atomic mass is 9.89. The molecule has 0 spiro atoms. The summed E-state index contributed by atoms with van der Waals surface area (Å²) in [6.07, 6.45) is 0. The fraction of sp³-hybridized carbons (Fsp3) is 0. The maximum atomic E-state index is 2.40. The molecule has 0 saturated carbocycles. The van der Waals surface area contributed by atoms with E-state index < -0.39 is 0 Å². The summed E-state index contributed by atoms with van der Waals surface area (Å²) in [4.78, 5) is 2.40. The Morgan fingerprint density at radius 2 is 0.824 bits per heavy atom. The van der Waals surface area contributed by atoms with E-state index >= 15 is 0 Å². The fourth-order valence-electron chi connectivity index (χ4n) is 7.47. The number of fused-ring (bicyclic) bond motifs is 2. The Morgan fingerprint density at radius 3 is 1.61 bits per heavy atom. The van der Waals surface area contributed by atoms with Gasteiger partial charge >= 0.3 is 0 Å². The van der Waals surface area contributed by atoms with Crippen LogP contribution in [-0.4, -0.2) is 0 Å². The topological polar surface area (TPSA) is 3.24 Å². The number of benzene rings is 9. The highest BCUT2D eigenvalue weighted by Gasteiger charge is 2.19. The zero-order valence-corrected chi connectivity index (χ0v) is 28.2. The normalized spacial score (nSPS) is 11.1. The molecular formula is C50H35N. The standard InChI is InChI=1S/C50H35N/c1-3-15-37(16-4-1)46-25-11-12-28-49(46)51(43-23-13-22-41(35-43)45-27-14-21-36-17-7-9-24-44(36)45)42-32-29-39(30-33-42)48-34-31-38-18-8-10-26-47(38)50(48)40-19-5-2-6-20-40/h1-35H. The van der Waals surface area contributed by atoms with Crippen molar-refractivity contribution in [3.63, 3.8) is 0 Å². The van der Waals surface area contributed by atoms with Crippen LogP contribution in [0, 0.1) is 0 Å². The SMILES string of the molecule is c1ccc(-c2ccccc2N(c2ccc(-c3ccc4ccccc4c3-c3ccccc3)cc2)c2cccc(-c3cccc4ccccc34)c2)cc1. The van der Waals surface area contributed by atoms with Gasteiger partial charge in [0.15, 0.2) is 0 Å². The molecule has 9 aromatic rings. The molecular weight excluding hydrogens is 615 g/mol. The van der Waals surface area contributed by atoms with Crippen LogP contribution in [0.1, 0.15) is 0 Å². The van der Waals surface area contributed by atoms with Crippen molar-refractivity contribution in [1.29, 1.82) is 0 Å². The van der Waals surface area contributed by atoms with Gasteiger partial charge in [0.05, 0.1) is 5.69 Å². The number of para-hydroxylation sites is 1. The summed E-state index contributed by atoms with van der Waals surface area (Å²) in [5, 5.41) is 4.99. The first-order chi connectivity index (χ1) is 25.3. The van der Waals surface area contributed by atoms with Crippen LogP contribution in [0.2, 0.25) is 0 Å². The molecule has 0 saturated heterocycles. The van der Waals surface area contributed by atoms with E-state index in [-0.39, 0.29) is 0 Å². The summed E-state index contributed by atoms with van der Waals surface area (Å²) in [6, 6.07) is 76.6. The molecule has 0 atom stereocenters. The summed E-state index contributed by atoms with van der Waals surface area (Å²) in [7, 11) is 0. The van der Waals surface area contributed by atoms with Crippen LogP contribution >= 0.6 is 0 Å². The van der Waals surface area contributed by atoms with Crippen LogP contribution in [0.4, 0.5) is 17.1 Å². The molecule has 1 nitrogen and oxygen atoms in total. The molecule has 0 bridgehead atoms. The molecule has 0 aliphatic heterocycles. The van der Waals surface area contributed by atoms with Gasteiger partial charge in [-0.2, -0.15) is 0 Å². The molecule has 0 aliphatic carbocycles. The maximum absolute atomic E-state index is 2.40. The van der Waals surface area contributed by atoms with Gasteiger partial charge in [0.1, 0.15) is 0 Å². The van der Waals surface area contributed by atoms with Crippen molar-refractivity contribution in [2.75, 3.05) is 4.90 Å². The molecule has 1 heteroatoms. The average Bonchev–Trinajstić information content (AvgIpc) is 3.21. The average molecular weight is 650 g/mol. The summed E-state index contributed by atoms with van der Waals surface area (Å²) in [5.41, 5.74) is 13.0. The second kappa shape index (κ2) is 13.3. The second-order valence-corrected chi connectivity index (χ2v) is 12.9. The first-order valence-electron chi connectivity index (χ1n) is 17.5. The van der Waals surface area contributed by atoms with Crippen molar-refractivity contribution >= 4 is 38.6 Å². The van der Waals surface area contributed by atoms with Gasteiger partial charge < -0.3 is 4.90 Å². The monoisotopic (exact) mass is 649 g/mol. The molecule has 0 aliphatic rings. The van der Waals surface area contributed by atoms with Crippen LogP contribution in [0.3, 0.4) is 0 Å². The first kappa shape index (κ1) is 30.4. The molecule has 9 rings (SSSR count). The third-order valence-electron chi connectivity index (χ3n) is 9.86. The van der Waals surface area contributed by atoms with Gasteiger partial charge in [-0.3, -0.25) is 0 Å². The molecule has 9 aromatic carbocycles. The maximum Gasteiger partial charge on any atom is 0.0540 e. The van der Waals surface area contributed by atoms with E-state index in [9.17, 15) is 0 Å². The Labute approximate surface area is 299 Å². The van der Waals surface area contributed by atoms with Crippen LogP contribution in [0.5, 0.6) is 0 Å². The minimum Gasteiger partial charge on any atom is -0.310 e. The van der Waals surface area contributed by atoms with E-state index in [1.54, 1.807) is 0 Å². The fourth-order valence-corrected chi connectivity index (χ4v) is 7.47. The number of nitrogens with zero attached hydrogens (tertiary/aromatic N) is 1. The number of rotatable bonds is 7. The Hall–Kier alpha value is -6.70. The highest BCUT2D eigenvalue weighted by Crippen LogP contribution is 2.44. The quantitative estimate of drug-likeness (QED) is 0.166. The lowest BCUT2D eigenvalue weighted by Crippen LogP contribution is -2.11. The lowest BCUT2D eigenvalue weighted by Gasteiger charge is -2.28. The summed E-state index contributed by atoms with van der Waals surface area (Å²) < 4.78 is 0. The zero-order valence-electron chi connectivity index (χ0n) is 28.2. The van der Waals surface area contributed by atoms with Gasteiger partial charge in [0.2, 0.25) is 0 Å². The molecule has 0 radical (unpaired) electrons. The zero-order chi connectivity index (χ0) is 34.0. The van der Waals surface area contributed by atoms with Crippen LogP contribution in [0.15, 0.2) is 212 Å². The Kier molecular flexibility index (Phi) is 7.92. The molecule has 0 heterocycles. The minimum atomic E-state index is 1.10. The van der Waals surface area contributed by atoms with E-state index in [0.29, 0.717) is 0 Å². The molecule has 0 fully saturated rings. The largest absolute Gasteiger partial charge is 0.310 e. The van der Waals surface area contributed by atoms with Crippen LogP contribution < -0.4 is 4.90 Å². The molecule has 0 unspecified atom stereocenters. The highest BCUT2D eigenvalue weighted by molar-refractivity contribution is 6.04. The second-order valence-electron chi connectivity index (χ2n) is 12.9. The van der Waals surface area contributed by atoms with E-state index in [0.717, 1.165) is 17.1 Å². The summed E-state index contributed by atoms with van der Waals surface area (Å²) in [5.74, 6) is 0. The van der Waals surface area contributed by atoms with Crippen molar-refractivity contribution < 1.29 is 0 Å². The Morgan fingerprint density at radius 1 is 0.275 bits per heavy atom. The van der Waals surface area contributed by atoms with Crippen molar-refractivity contribution in [1.82, 2.24) is 0 Å². The lowest BCUT2D eigenvalue weighted by molar-refractivity contribution is 1.28. The predicted molar refractivity (Wildman–Crippen MR) is 218 cm³/mol. The van der Waals surface area contributed by atoms with Gasteiger partial charge in [-0.15, -0.1) is 0 Å². The van der Waals surface area contributed by atoms with Crippen molar-refractivity contribution in [2.24, 2.45) is 0 Å². The Bertz CT molecular complexity index is 2620. The van der Waals surface area contributed by atoms with E-state index in [1.165, 1.54) is 66.1 Å². The van der Waals surface area contributed by atoms with Crippen molar-refractivity contribution in [2.45, 2.75) is 0 Å². The number of hydrogen-bond donors (Lipinski definition) is 0. The molecule has 0 N–H and O–H groups in total. The van der Waals surface area contributed by atoms with E-state index in [1.807, 2.05) is 0 Å². The van der Waals surface area contributed by atoms with Crippen LogP contribution in [0.25, 0.3) is 66.1 Å². The van der Waals surface area contributed by atoms with Crippen molar-refractivity contribution in [3.8, 4) is 44.5 Å². The molecule has 0 amide bonds. The third kappa shape index (κ3) is 5.75. The highest BCUT2D eigenvalue weighted by atomic mass is 15.1. The van der Waals surface area contributed by atoms with Crippen molar-refractivity contribution in [3.05, 3.63) is 212 Å². The van der Waals surface area contributed by atoms with E-state index in [4.69, 9.17) is 0 Å². The third-order valence-corrected chi connectivity index (χ3v) is 9.86. The van der Waals surface area contributed by atoms with Crippen LogP contribution in [-0.2, 0) is 0 Å². The molecule has 51 heavy (non-hydrogen) atoms. The minimum absolute atomic E-state index is 1.10. The summed E-state index contributed by atoms with van der Waals surface area (Å²) >= 11 is 0. The van der Waals surface area contributed by atoms with Gasteiger partial charge in [0.25, 0.3) is 0 Å². The number of anilines is 3. The molecule has 0 aromatic heterocycles. The van der Waals surface area contributed by atoms with Gasteiger partial charge in [-0.1, -0.05) is 182 Å². The smallest absolute Gasteiger partial charge is 0.0540 e. The first-order valence-corrected chi connectivity index (χ1v) is 17.5. The predicted octanol–water partition coefficient (Wildman–Crippen LogP) is 14.1. The molecule has 240 valence electrons. The summed E-state index contributed by atoms with van der Waals surface area (Å²) in [6.45, 7) is 0. The van der Waals surface area contributed by atoms with Gasteiger partial charge in [0, 0.05) is 16.9 Å². The Balaban J connectivity index is 1.21. The number of hydrogen-bond acceptors (Lipinski definition) is 1. The van der Waals surface area contributed by atoms with Gasteiger partial charge in [-0.05, 0) is 90.8 Å².